The number of hydrogen-bond acceptors (Lipinski definition) is 2. The number of rotatable bonds is 2. The Bertz CT molecular complexity index is 35.3. The van der Waals surface area contributed by atoms with Crippen molar-refractivity contribution in [3.63, 3.8) is 0 Å². The molecule has 0 atom stereocenters. The van der Waals surface area contributed by atoms with Crippen LogP contribution in [0.4, 0.5) is 0 Å². The van der Waals surface area contributed by atoms with E-state index in [2.05, 4.69) is 0 Å². The van der Waals surface area contributed by atoms with Crippen molar-refractivity contribution >= 4 is 0 Å². The number of aliphatic hydroxyl groups excluding tert-OH is 2. The van der Waals surface area contributed by atoms with Gasteiger partial charge >= 0.3 is 0 Å². The monoisotopic (exact) mass is 104 g/mol. The van der Waals surface area contributed by atoms with Crippen LogP contribution in [0.2, 0.25) is 0 Å². The normalized spacial score (nSPS) is 8.86. The summed E-state index contributed by atoms with van der Waals surface area (Å²) >= 11 is 0. The maximum atomic E-state index is 8.00. The van der Waals surface area contributed by atoms with Crippen LogP contribution in [0.3, 0.4) is 0 Å². The predicted molar refractivity (Wildman–Crippen MR) is 30.0 cm³/mol. The Kier molecular flexibility index (Phi) is 12.9. The SMILES string of the molecule is C.OC/C=C\CO. The average molecular weight is 104 g/mol. The minimum Gasteiger partial charge on any atom is -0.392 e. The molecule has 0 fully saturated rings. The van der Waals surface area contributed by atoms with Crippen LogP contribution >= 0.6 is 0 Å². The quantitative estimate of drug-likeness (QED) is 0.490. The van der Waals surface area contributed by atoms with E-state index in [-0.39, 0.29) is 20.6 Å². The van der Waals surface area contributed by atoms with Crippen LogP contribution < -0.4 is 0 Å². The number of hydrogen-bond donors (Lipinski definition) is 2. The zero-order valence-electron chi connectivity index (χ0n) is 3.46. The Morgan fingerprint density at radius 3 is 1.43 bits per heavy atom. The summed E-state index contributed by atoms with van der Waals surface area (Å²) in [5, 5.41) is 16.0. The largest absolute Gasteiger partial charge is 0.392 e. The van der Waals surface area contributed by atoms with Gasteiger partial charge in [0.15, 0.2) is 0 Å². The van der Waals surface area contributed by atoms with Crippen molar-refractivity contribution in [1.82, 2.24) is 0 Å². The highest BCUT2D eigenvalue weighted by Crippen LogP contribution is 1.63. The van der Waals surface area contributed by atoms with Crippen LogP contribution in [0.5, 0.6) is 0 Å². The van der Waals surface area contributed by atoms with Crippen LogP contribution in [0, 0.1) is 0 Å². The van der Waals surface area contributed by atoms with Gasteiger partial charge in [0.25, 0.3) is 0 Å². The van der Waals surface area contributed by atoms with Crippen LogP contribution in [-0.4, -0.2) is 23.4 Å². The van der Waals surface area contributed by atoms with E-state index in [0.717, 1.165) is 0 Å². The molecule has 0 spiro atoms. The highest BCUT2D eigenvalue weighted by molar-refractivity contribution is 4.78. The smallest absolute Gasteiger partial charge is 0.0613 e. The molecule has 0 aliphatic heterocycles. The minimum atomic E-state index is 0. The van der Waals surface area contributed by atoms with E-state index in [9.17, 15) is 0 Å². The van der Waals surface area contributed by atoms with Gasteiger partial charge in [-0.05, 0) is 0 Å². The molecule has 0 aliphatic carbocycles. The Labute approximate surface area is 44.1 Å². The van der Waals surface area contributed by atoms with Crippen molar-refractivity contribution in [2.75, 3.05) is 13.2 Å². The topological polar surface area (TPSA) is 40.5 Å². The molecule has 0 saturated carbocycles. The van der Waals surface area contributed by atoms with Crippen LogP contribution in [0.25, 0.3) is 0 Å². The molecular weight excluding hydrogens is 92.1 g/mol. The van der Waals surface area contributed by atoms with E-state index in [1.807, 2.05) is 0 Å². The number of aliphatic hydroxyl groups is 2. The van der Waals surface area contributed by atoms with Gasteiger partial charge in [0.1, 0.15) is 0 Å². The van der Waals surface area contributed by atoms with Crippen molar-refractivity contribution in [2.45, 2.75) is 7.43 Å². The highest BCUT2D eigenvalue weighted by Gasteiger charge is 1.61. The summed E-state index contributed by atoms with van der Waals surface area (Å²) in [6, 6.07) is 0. The van der Waals surface area contributed by atoms with Crippen LogP contribution in [0.15, 0.2) is 12.2 Å². The van der Waals surface area contributed by atoms with Gasteiger partial charge < -0.3 is 10.2 Å². The van der Waals surface area contributed by atoms with Gasteiger partial charge in [-0.25, -0.2) is 0 Å². The summed E-state index contributed by atoms with van der Waals surface area (Å²) < 4.78 is 0. The summed E-state index contributed by atoms with van der Waals surface area (Å²) in [5.74, 6) is 0. The Morgan fingerprint density at radius 2 is 1.29 bits per heavy atom. The second kappa shape index (κ2) is 9.18. The second-order valence-corrected chi connectivity index (χ2v) is 0.837. The third kappa shape index (κ3) is 10.7. The van der Waals surface area contributed by atoms with Crippen molar-refractivity contribution in [2.24, 2.45) is 0 Å². The summed E-state index contributed by atoms with van der Waals surface area (Å²) in [7, 11) is 0. The first kappa shape index (κ1) is 9.83. The lowest BCUT2D eigenvalue weighted by atomic mass is 10.5. The molecule has 7 heavy (non-hydrogen) atoms. The molecular formula is C5H12O2. The molecule has 0 aromatic carbocycles. The lowest BCUT2D eigenvalue weighted by Gasteiger charge is -1.73. The van der Waals surface area contributed by atoms with Gasteiger partial charge in [-0.3, -0.25) is 0 Å². The maximum absolute atomic E-state index is 8.00. The molecule has 0 unspecified atom stereocenters. The first-order valence-corrected chi connectivity index (χ1v) is 1.78. The molecule has 0 aliphatic rings. The van der Waals surface area contributed by atoms with Gasteiger partial charge in [0, 0.05) is 0 Å². The molecule has 0 saturated heterocycles. The first-order valence-electron chi connectivity index (χ1n) is 1.78. The van der Waals surface area contributed by atoms with E-state index in [4.69, 9.17) is 10.2 Å². The maximum Gasteiger partial charge on any atom is 0.0613 e. The fourth-order valence-electron chi connectivity index (χ4n) is 0.149. The van der Waals surface area contributed by atoms with Crippen molar-refractivity contribution < 1.29 is 10.2 Å². The molecule has 0 rings (SSSR count). The summed E-state index contributed by atoms with van der Waals surface area (Å²) in [5.41, 5.74) is 0. The zero-order chi connectivity index (χ0) is 4.83. The van der Waals surface area contributed by atoms with Gasteiger partial charge in [0.2, 0.25) is 0 Å². The second-order valence-electron chi connectivity index (χ2n) is 0.837. The van der Waals surface area contributed by atoms with Gasteiger partial charge in [0.05, 0.1) is 13.2 Å². The van der Waals surface area contributed by atoms with E-state index in [0.29, 0.717) is 0 Å². The Balaban J connectivity index is 0. The molecule has 44 valence electrons. The molecule has 2 nitrogen and oxygen atoms in total. The predicted octanol–water partition coefficient (Wildman–Crippen LogP) is 0.163. The van der Waals surface area contributed by atoms with E-state index < -0.39 is 0 Å². The molecule has 2 heteroatoms. The first-order chi connectivity index (χ1) is 2.91. The van der Waals surface area contributed by atoms with E-state index in [1.165, 1.54) is 12.2 Å². The summed E-state index contributed by atoms with van der Waals surface area (Å²) in [6.07, 6.45) is 2.97. The van der Waals surface area contributed by atoms with Crippen LogP contribution in [-0.2, 0) is 0 Å². The fraction of sp³-hybridized carbons (Fsp3) is 0.600. The molecule has 0 aromatic heterocycles. The van der Waals surface area contributed by atoms with Crippen molar-refractivity contribution in [1.29, 1.82) is 0 Å². The Morgan fingerprint density at radius 1 is 1.00 bits per heavy atom. The minimum absolute atomic E-state index is 0. The average Bonchev–Trinajstić information content (AvgIpc) is 1.61. The molecule has 0 radical (unpaired) electrons. The highest BCUT2D eigenvalue weighted by atomic mass is 16.3. The third-order valence-electron chi connectivity index (χ3n) is 0.377. The molecule has 0 amide bonds. The van der Waals surface area contributed by atoms with E-state index in [1.54, 1.807) is 0 Å². The van der Waals surface area contributed by atoms with Gasteiger partial charge in [-0.15, -0.1) is 0 Å². The molecule has 0 aromatic rings. The summed E-state index contributed by atoms with van der Waals surface area (Å²) in [6.45, 7) is 0.0289. The fourth-order valence-corrected chi connectivity index (χ4v) is 0.149. The molecule has 0 bridgehead atoms. The Hall–Kier alpha value is -0.340. The van der Waals surface area contributed by atoms with Crippen LogP contribution in [0.1, 0.15) is 7.43 Å². The van der Waals surface area contributed by atoms with Gasteiger partial charge in [-0.2, -0.15) is 0 Å². The lowest BCUT2D eigenvalue weighted by molar-refractivity contribution is 0.329. The lowest BCUT2D eigenvalue weighted by Crippen LogP contribution is -1.74. The zero-order valence-corrected chi connectivity index (χ0v) is 3.46. The van der Waals surface area contributed by atoms with Crippen molar-refractivity contribution in [3.05, 3.63) is 12.2 Å². The van der Waals surface area contributed by atoms with Crippen molar-refractivity contribution in [3.8, 4) is 0 Å². The third-order valence-corrected chi connectivity index (χ3v) is 0.377. The van der Waals surface area contributed by atoms with E-state index >= 15 is 0 Å². The standard InChI is InChI=1S/C4H8O2.CH4/c5-3-1-2-4-6;/h1-2,5-6H,3-4H2;1H4/b2-1-;. The molecule has 0 heterocycles. The molecule has 2 N–H and O–H groups in total. The van der Waals surface area contributed by atoms with Gasteiger partial charge in [-0.1, -0.05) is 19.6 Å². The summed E-state index contributed by atoms with van der Waals surface area (Å²) in [4.78, 5) is 0.